The van der Waals surface area contributed by atoms with Crippen LogP contribution in [0.15, 0.2) is 0 Å². The first kappa shape index (κ1) is 17.9. The zero-order valence-corrected chi connectivity index (χ0v) is 12.5. The largest absolute Gasteiger partial charge is 0.412 e. The summed E-state index contributed by atoms with van der Waals surface area (Å²) in [4.78, 5) is 0. The summed E-state index contributed by atoms with van der Waals surface area (Å²) in [5.74, 6) is 5.14. The molecular formula is C16H34O2. The summed E-state index contributed by atoms with van der Waals surface area (Å²) in [5.41, 5.74) is 0. The molecule has 2 saturated carbocycles. The van der Waals surface area contributed by atoms with E-state index < -0.39 is 0 Å². The van der Waals surface area contributed by atoms with E-state index in [1.165, 1.54) is 44.9 Å². The molecule has 2 rings (SSSR count). The first-order chi connectivity index (χ1) is 7.63. The standard InChI is InChI=1S/C16H30.2H2O/c1-12-5-4-6-15(8-12)11-16-9-13(2)7-14(3)10-16;;/h12-16H,4-11H2,1-3H3;2*1H2. The summed E-state index contributed by atoms with van der Waals surface area (Å²) in [6, 6.07) is 0. The van der Waals surface area contributed by atoms with Crippen molar-refractivity contribution in [3.05, 3.63) is 0 Å². The van der Waals surface area contributed by atoms with Crippen LogP contribution in [0.4, 0.5) is 0 Å². The van der Waals surface area contributed by atoms with Crippen LogP contribution in [0, 0.1) is 29.6 Å². The molecule has 2 heteroatoms. The van der Waals surface area contributed by atoms with Crippen LogP contribution in [0.3, 0.4) is 0 Å². The monoisotopic (exact) mass is 258 g/mol. The van der Waals surface area contributed by atoms with E-state index in [4.69, 9.17) is 0 Å². The lowest BCUT2D eigenvalue weighted by molar-refractivity contribution is 0.162. The van der Waals surface area contributed by atoms with Crippen LogP contribution >= 0.6 is 0 Å². The fourth-order valence-electron chi connectivity index (χ4n) is 4.55. The van der Waals surface area contributed by atoms with E-state index >= 15 is 0 Å². The first-order valence-electron chi connectivity index (χ1n) is 7.63. The van der Waals surface area contributed by atoms with Gasteiger partial charge in [-0.1, -0.05) is 40.0 Å². The van der Waals surface area contributed by atoms with Crippen molar-refractivity contribution in [2.24, 2.45) is 29.6 Å². The quantitative estimate of drug-likeness (QED) is 0.726. The zero-order valence-electron chi connectivity index (χ0n) is 12.5. The normalized spacial score (nSPS) is 40.5. The highest BCUT2D eigenvalue weighted by Gasteiger charge is 2.27. The molecule has 2 aliphatic rings. The van der Waals surface area contributed by atoms with E-state index in [1.807, 2.05) is 0 Å². The second kappa shape index (κ2) is 8.16. The van der Waals surface area contributed by atoms with Gasteiger partial charge in [0, 0.05) is 0 Å². The van der Waals surface area contributed by atoms with Crippen LogP contribution in [-0.4, -0.2) is 11.0 Å². The molecule has 0 saturated heterocycles. The summed E-state index contributed by atoms with van der Waals surface area (Å²) in [6.45, 7) is 7.39. The average Bonchev–Trinajstić information content (AvgIpc) is 2.15. The third-order valence-electron chi connectivity index (χ3n) is 4.99. The van der Waals surface area contributed by atoms with Gasteiger partial charge in [0.25, 0.3) is 0 Å². The Morgan fingerprint density at radius 3 is 1.78 bits per heavy atom. The summed E-state index contributed by atoms with van der Waals surface area (Å²) < 4.78 is 0. The Hall–Kier alpha value is -0.0800. The molecule has 2 nitrogen and oxygen atoms in total. The van der Waals surface area contributed by atoms with Gasteiger partial charge in [0.1, 0.15) is 0 Å². The van der Waals surface area contributed by atoms with Gasteiger partial charge >= 0.3 is 0 Å². The van der Waals surface area contributed by atoms with Crippen molar-refractivity contribution < 1.29 is 11.0 Å². The van der Waals surface area contributed by atoms with Crippen molar-refractivity contribution in [3.8, 4) is 0 Å². The molecule has 2 aliphatic carbocycles. The molecule has 4 atom stereocenters. The van der Waals surface area contributed by atoms with E-state index in [-0.39, 0.29) is 11.0 Å². The molecule has 4 N–H and O–H groups in total. The Bertz CT molecular complexity index is 207. The van der Waals surface area contributed by atoms with Crippen molar-refractivity contribution in [1.82, 2.24) is 0 Å². The highest BCUT2D eigenvalue weighted by molar-refractivity contribution is 4.79. The molecule has 0 bridgehead atoms. The Morgan fingerprint density at radius 2 is 1.22 bits per heavy atom. The minimum atomic E-state index is 0. The van der Waals surface area contributed by atoms with Crippen LogP contribution < -0.4 is 0 Å². The van der Waals surface area contributed by atoms with Crippen LogP contribution in [0.2, 0.25) is 0 Å². The van der Waals surface area contributed by atoms with Crippen LogP contribution in [0.25, 0.3) is 0 Å². The summed E-state index contributed by atoms with van der Waals surface area (Å²) >= 11 is 0. The second-order valence-electron chi connectivity index (χ2n) is 7.16. The molecule has 18 heavy (non-hydrogen) atoms. The Balaban J connectivity index is 0.00000144. The van der Waals surface area contributed by atoms with E-state index in [0.717, 1.165) is 29.6 Å². The molecule has 110 valence electrons. The Morgan fingerprint density at radius 1 is 0.667 bits per heavy atom. The van der Waals surface area contributed by atoms with E-state index in [9.17, 15) is 0 Å². The lowest BCUT2D eigenvalue weighted by Crippen LogP contribution is -2.23. The van der Waals surface area contributed by atoms with Crippen molar-refractivity contribution >= 4 is 0 Å². The molecular weight excluding hydrogens is 224 g/mol. The predicted octanol–water partition coefficient (Wildman–Crippen LogP) is 3.63. The predicted molar refractivity (Wildman–Crippen MR) is 78.6 cm³/mol. The highest BCUT2D eigenvalue weighted by Crippen LogP contribution is 2.40. The number of hydrogen-bond donors (Lipinski definition) is 0. The number of hydrogen-bond acceptors (Lipinski definition) is 0. The Labute approximate surface area is 113 Å². The van der Waals surface area contributed by atoms with Gasteiger partial charge in [-0.3, -0.25) is 0 Å². The van der Waals surface area contributed by atoms with Crippen molar-refractivity contribution in [2.75, 3.05) is 0 Å². The lowest BCUT2D eigenvalue weighted by atomic mass is 9.70. The highest BCUT2D eigenvalue weighted by atomic mass is 16.0. The topological polar surface area (TPSA) is 63.0 Å². The van der Waals surface area contributed by atoms with Crippen molar-refractivity contribution in [3.63, 3.8) is 0 Å². The van der Waals surface area contributed by atoms with Gasteiger partial charge in [-0.25, -0.2) is 0 Å². The molecule has 0 amide bonds. The summed E-state index contributed by atoms with van der Waals surface area (Å²) in [6.07, 6.45) is 12.1. The van der Waals surface area contributed by atoms with Crippen molar-refractivity contribution in [2.45, 2.75) is 72.1 Å². The maximum atomic E-state index is 2.46. The SMILES string of the molecule is CC1CCCC(CC2CC(C)CC(C)C2)C1.O.O. The van der Waals surface area contributed by atoms with Gasteiger partial charge in [-0.2, -0.15) is 0 Å². The third-order valence-corrected chi connectivity index (χ3v) is 4.99. The molecule has 0 spiro atoms. The molecule has 0 heterocycles. The average molecular weight is 258 g/mol. The number of rotatable bonds is 2. The minimum absolute atomic E-state index is 0. The lowest BCUT2D eigenvalue weighted by Gasteiger charge is -2.35. The van der Waals surface area contributed by atoms with Gasteiger partial charge in [0.2, 0.25) is 0 Å². The van der Waals surface area contributed by atoms with Gasteiger partial charge in [-0.15, -0.1) is 0 Å². The molecule has 2 fully saturated rings. The third kappa shape index (κ3) is 5.27. The molecule has 0 radical (unpaired) electrons. The van der Waals surface area contributed by atoms with Crippen LogP contribution in [0.1, 0.15) is 72.1 Å². The molecule has 4 unspecified atom stereocenters. The second-order valence-corrected chi connectivity index (χ2v) is 7.16. The Kier molecular flexibility index (Phi) is 8.13. The van der Waals surface area contributed by atoms with Gasteiger partial charge in [-0.05, 0) is 61.7 Å². The molecule has 0 aromatic carbocycles. The van der Waals surface area contributed by atoms with Crippen molar-refractivity contribution in [1.29, 1.82) is 0 Å². The van der Waals surface area contributed by atoms with E-state index in [0.29, 0.717) is 0 Å². The maximum absolute atomic E-state index is 2.46. The summed E-state index contributed by atoms with van der Waals surface area (Å²) in [7, 11) is 0. The molecule has 0 aromatic rings. The van der Waals surface area contributed by atoms with Gasteiger partial charge in [0.05, 0.1) is 0 Å². The summed E-state index contributed by atoms with van der Waals surface area (Å²) in [5, 5.41) is 0. The first-order valence-corrected chi connectivity index (χ1v) is 7.63. The van der Waals surface area contributed by atoms with Crippen LogP contribution in [-0.2, 0) is 0 Å². The minimum Gasteiger partial charge on any atom is -0.412 e. The molecule has 0 aliphatic heterocycles. The fourth-order valence-corrected chi connectivity index (χ4v) is 4.55. The fraction of sp³-hybridized carbons (Fsp3) is 1.00. The van der Waals surface area contributed by atoms with E-state index in [1.54, 1.807) is 6.42 Å². The van der Waals surface area contributed by atoms with E-state index in [2.05, 4.69) is 20.8 Å². The van der Waals surface area contributed by atoms with Gasteiger partial charge < -0.3 is 11.0 Å². The van der Waals surface area contributed by atoms with Crippen LogP contribution in [0.5, 0.6) is 0 Å². The zero-order chi connectivity index (χ0) is 11.5. The smallest absolute Gasteiger partial charge is 0.0407 e. The van der Waals surface area contributed by atoms with Gasteiger partial charge in [0.15, 0.2) is 0 Å². The molecule has 0 aromatic heterocycles. The maximum Gasteiger partial charge on any atom is -0.0407 e.